The number of nitrogens with zero attached hydrogens (tertiary/aromatic N) is 1. The van der Waals surface area contributed by atoms with Gasteiger partial charge in [-0.05, 0) is 37.4 Å². The number of hydrogen-bond acceptors (Lipinski definition) is 2. The lowest BCUT2D eigenvalue weighted by atomic mass is 10.2. The van der Waals surface area contributed by atoms with Crippen LogP contribution in [0.25, 0.3) is 0 Å². The van der Waals surface area contributed by atoms with Crippen molar-refractivity contribution in [2.24, 2.45) is 5.73 Å². The van der Waals surface area contributed by atoms with Crippen molar-refractivity contribution >= 4 is 0 Å². The molecule has 0 unspecified atom stereocenters. The summed E-state index contributed by atoms with van der Waals surface area (Å²) in [6.45, 7) is 0.700. The predicted octanol–water partition coefficient (Wildman–Crippen LogP) is 1.07. The summed E-state index contributed by atoms with van der Waals surface area (Å²) in [7, 11) is 0. The molecule has 0 bridgehead atoms. The van der Waals surface area contributed by atoms with E-state index in [2.05, 4.69) is 17.1 Å². The van der Waals surface area contributed by atoms with Crippen molar-refractivity contribution in [3.05, 3.63) is 29.1 Å². The molecule has 1 aliphatic carbocycles. The van der Waals surface area contributed by atoms with Gasteiger partial charge in [0.25, 0.3) is 0 Å². The van der Waals surface area contributed by atoms with Crippen LogP contribution in [0.2, 0.25) is 0 Å². The van der Waals surface area contributed by atoms with Crippen molar-refractivity contribution in [1.82, 2.24) is 4.98 Å². The Labute approximate surface area is 72.8 Å². The lowest BCUT2D eigenvalue weighted by Crippen LogP contribution is -2.05. The van der Waals surface area contributed by atoms with E-state index in [0.717, 1.165) is 18.5 Å². The fraction of sp³-hybridized carbons (Fsp3) is 0.500. The van der Waals surface area contributed by atoms with Crippen molar-refractivity contribution in [2.75, 3.05) is 6.54 Å². The second kappa shape index (κ2) is 3.23. The van der Waals surface area contributed by atoms with Crippen LogP contribution in [-0.2, 0) is 19.3 Å². The maximum Gasteiger partial charge on any atom is 0.0439 e. The fourth-order valence-corrected chi connectivity index (χ4v) is 1.75. The largest absolute Gasteiger partial charge is 0.330 e. The molecule has 12 heavy (non-hydrogen) atoms. The van der Waals surface area contributed by atoms with Crippen molar-refractivity contribution in [1.29, 1.82) is 0 Å². The molecule has 2 N–H and O–H groups in total. The Hall–Kier alpha value is -0.890. The fourth-order valence-electron chi connectivity index (χ4n) is 1.75. The Morgan fingerprint density at radius 1 is 1.33 bits per heavy atom. The standard InChI is InChI=1S/C10H14N2/c11-7-6-9-5-4-8-2-1-3-10(8)12-9/h4-5H,1-3,6-7,11H2. The Kier molecular flexibility index (Phi) is 2.09. The highest BCUT2D eigenvalue weighted by atomic mass is 14.7. The van der Waals surface area contributed by atoms with Crippen molar-refractivity contribution in [3.8, 4) is 0 Å². The molecule has 0 spiro atoms. The molecule has 0 saturated heterocycles. The van der Waals surface area contributed by atoms with Crippen LogP contribution in [0.5, 0.6) is 0 Å². The van der Waals surface area contributed by atoms with Gasteiger partial charge in [0, 0.05) is 17.8 Å². The summed E-state index contributed by atoms with van der Waals surface area (Å²) in [5.41, 5.74) is 9.36. The second-order valence-corrected chi connectivity index (χ2v) is 3.30. The molecule has 2 rings (SSSR count). The lowest BCUT2D eigenvalue weighted by Gasteiger charge is -2.01. The molecule has 0 aromatic carbocycles. The van der Waals surface area contributed by atoms with Crippen LogP contribution in [0.4, 0.5) is 0 Å². The van der Waals surface area contributed by atoms with E-state index in [1.54, 1.807) is 0 Å². The molecule has 1 aromatic heterocycles. The summed E-state index contributed by atoms with van der Waals surface area (Å²) in [5, 5.41) is 0. The highest BCUT2D eigenvalue weighted by Gasteiger charge is 2.11. The second-order valence-electron chi connectivity index (χ2n) is 3.30. The van der Waals surface area contributed by atoms with E-state index < -0.39 is 0 Å². The van der Waals surface area contributed by atoms with Crippen molar-refractivity contribution in [3.63, 3.8) is 0 Å². The van der Waals surface area contributed by atoms with Gasteiger partial charge in [-0.3, -0.25) is 4.98 Å². The van der Waals surface area contributed by atoms with Gasteiger partial charge in [0.1, 0.15) is 0 Å². The van der Waals surface area contributed by atoms with Crippen LogP contribution in [0.3, 0.4) is 0 Å². The van der Waals surface area contributed by atoms with E-state index in [9.17, 15) is 0 Å². The highest BCUT2D eigenvalue weighted by Crippen LogP contribution is 2.19. The summed E-state index contributed by atoms with van der Waals surface area (Å²) in [6.07, 6.45) is 4.56. The first kappa shape index (κ1) is 7.74. The molecule has 0 atom stereocenters. The normalized spacial score (nSPS) is 14.8. The SMILES string of the molecule is NCCc1ccc2c(n1)CCC2. The zero-order valence-corrected chi connectivity index (χ0v) is 7.21. The van der Waals surface area contributed by atoms with Gasteiger partial charge in [-0.25, -0.2) is 0 Å². The number of aryl methyl sites for hydroxylation is 2. The number of hydrogen-bond donors (Lipinski definition) is 1. The van der Waals surface area contributed by atoms with E-state index in [0.29, 0.717) is 6.54 Å². The summed E-state index contributed by atoms with van der Waals surface area (Å²) in [4.78, 5) is 4.56. The average Bonchev–Trinajstić information content (AvgIpc) is 2.51. The Morgan fingerprint density at radius 2 is 2.25 bits per heavy atom. The summed E-state index contributed by atoms with van der Waals surface area (Å²) in [5.74, 6) is 0. The van der Waals surface area contributed by atoms with Crippen LogP contribution < -0.4 is 5.73 Å². The van der Waals surface area contributed by atoms with Gasteiger partial charge in [0.05, 0.1) is 0 Å². The third-order valence-electron chi connectivity index (χ3n) is 2.39. The maximum absolute atomic E-state index is 5.47. The molecule has 1 heterocycles. The summed E-state index contributed by atoms with van der Waals surface area (Å²) in [6, 6.07) is 4.32. The smallest absolute Gasteiger partial charge is 0.0439 e. The molecule has 1 aliphatic rings. The quantitative estimate of drug-likeness (QED) is 0.706. The Morgan fingerprint density at radius 3 is 3.08 bits per heavy atom. The Balaban J connectivity index is 2.26. The van der Waals surface area contributed by atoms with E-state index in [4.69, 9.17) is 5.73 Å². The third-order valence-corrected chi connectivity index (χ3v) is 2.39. The predicted molar refractivity (Wildman–Crippen MR) is 49.0 cm³/mol. The molecule has 0 saturated carbocycles. The zero-order valence-electron chi connectivity index (χ0n) is 7.21. The first-order chi connectivity index (χ1) is 5.90. The number of rotatable bonds is 2. The van der Waals surface area contributed by atoms with Crippen LogP contribution in [0.15, 0.2) is 12.1 Å². The van der Waals surface area contributed by atoms with Gasteiger partial charge in [0.15, 0.2) is 0 Å². The molecule has 1 aromatic rings. The first-order valence-corrected chi connectivity index (χ1v) is 4.58. The first-order valence-electron chi connectivity index (χ1n) is 4.58. The average molecular weight is 162 g/mol. The van der Waals surface area contributed by atoms with Gasteiger partial charge < -0.3 is 5.73 Å². The van der Waals surface area contributed by atoms with E-state index in [-0.39, 0.29) is 0 Å². The molecule has 0 fully saturated rings. The van der Waals surface area contributed by atoms with E-state index >= 15 is 0 Å². The highest BCUT2D eigenvalue weighted by molar-refractivity contribution is 5.27. The number of aromatic nitrogens is 1. The summed E-state index contributed by atoms with van der Waals surface area (Å²) < 4.78 is 0. The molecule has 2 heteroatoms. The monoisotopic (exact) mass is 162 g/mol. The summed E-state index contributed by atoms with van der Waals surface area (Å²) >= 11 is 0. The van der Waals surface area contributed by atoms with E-state index in [1.165, 1.54) is 24.1 Å². The molecule has 0 aliphatic heterocycles. The molecular formula is C10H14N2. The molecule has 2 nitrogen and oxygen atoms in total. The number of nitrogens with two attached hydrogens (primary N) is 1. The van der Waals surface area contributed by atoms with Gasteiger partial charge in [-0.15, -0.1) is 0 Å². The van der Waals surface area contributed by atoms with Gasteiger partial charge >= 0.3 is 0 Å². The van der Waals surface area contributed by atoms with Gasteiger partial charge in [0.2, 0.25) is 0 Å². The zero-order chi connectivity index (χ0) is 8.39. The van der Waals surface area contributed by atoms with Crippen LogP contribution in [0, 0.1) is 0 Å². The Bertz CT molecular complexity index is 281. The third kappa shape index (κ3) is 1.34. The van der Waals surface area contributed by atoms with E-state index in [1.807, 2.05) is 0 Å². The molecule has 64 valence electrons. The minimum Gasteiger partial charge on any atom is -0.330 e. The van der Waals surface area contributed by atoms with Crippen molar-refractivity contribution < 1.29 is 0 Å². The maximum atomic E-state index is 5.47. The van der Waals surface area contributed by atoms with Crippen molar-refractivity contribution in [2.45, 2.75) is 25.7 Å². The number of pyridine rings is 1. The number of fused-ring (bicyclic) bond motifs is 1. The molecule has 0 radical (unpaired) electrons. The minimum absolute atomic E-state index is 0.700. The molecular weight excluding hydrogens is 148 g/mol. The molecule has 0 amide bonds. The van der Waals surface area contributed by atoms with Gasteiger partial charge in [-0.1, -0.05) is 6.07 Å². The van der Waals surface area contributed by atoms with Gasteiger partial charge in [-0.2, -0.15) is 0 Å². The van der Waals surface area contributed by atoms with Crippen LogP contribution in [0.1, 0.15) is 23.4 Å². The topological polar surface area (TPSA) is 38.9 Å². The van der Waals surface area contributed by atoms with Crippen LogP contribution >= 0.6 is 0 Å². The lowest BCUT2D eigenvalue weighted by molar-refractivity contribution is 0.876. The minimum atomic E-state index is 0.700. The van der Waals surface area contributed by atoms with Crippen LogP contribution in [-0.4, -0.2) is 11.5 Å².